The summed E-state index contributed by atoms with van der Waals surface area (Å²) in [4.78, 5) is 12.3. The number of benzene rings is 2. The van der Waals surface area contributed by atoms with E-state index in [1.165, 1.54) is 11.1 Å². The van der Waals surface area contributed by atoms with Crippen molar-refractivity contribution in [3.05, 3.63) is 59.2 Å². The van der Waals surface area contributed by atoms with Gasteiger partial charge in [-0.15, -0.1) is 0 Å². The summed E-state index contributed by atoms with van der Waals surface area (Å²) in [5.74, 6) is 1.53. The van der Waals surface area contributed by atoms with Crippen LogP contribution in [-0.2, 0) is 16.6 Å². The normalized spacial score (nSPS) is 14.7. The molecule has 0 radical (unpaired) electrons. The molecule has 0 bridgehead atoms. The van der Waals surface area contributed by atoms with Gasteiger partial charge in [-0.05, 0) is 43.0 Å². The topological polar surface area (TPSA) is 47.6 Å². The quantitative estimate of drug-likeness (QED) is 0.841. The third kappa shape index (κ3) is 3.95. The van der Waals surface area contributed by atoms with Crippen LogP contribution in [0.5, 0.6) is 11.5 Å². The number of nitrogens with one attached hydrogen (secondary N) is 1. The highest BCUT2D eigenvalue weighted by atomic mass is 16.5. The molecule has 1 N–H and O–H groups in total. The standard InChI is InChI=1S/C21H25NO3/c1-15-5-4-6-16(11-15)12-20(23)22-14-21(9-10-21)17-7-8-18(24-2)19(13-17)25-3/h4-8,11,13H,9-10,12,14H2,1-3H3,(H,22,23). The number of carbonyl (C=O) groups is 1. The third-order valence-electron chi connectivity index (χ3n) is 4.92. The molecule has 1 aliphatic carbocycles. The van der Waals surface area contributed by atoms with Crippen molar-refractivity contribution in [3.63, 3.8) is 0 Å². The molecular formula is C21H25NO3. The number of hydrogen-bond acceptors (Lipinski definition) is 3. The summed E-state index contributed by atoms with van der Waals surface area (Å²) in [5, 5.41) is 3.11. The van der Waals surface area contributed by atoms with Crippen molar-refractivity contribution in [1.29, 1.82) is 0 Å². The molecule has 0 saturated heterocycles. The summed E-state index contributed by atoms with van der Waals surface area (Å²) in [7, 11) is 3.28. The number of hydrogen-bond donors (Lipinski definition) is 1. The lowest BCUT2D eigenvalue weighted by Crippen LogP contribution is -2.33. The Hall–Kier alpha value is -2.49. The van der Waals surface area contributed by atoms with Gasteiger partial charge in [-0.25, -0.2) is 0 Å². The molecule has 4 nitrogen and oxygen atoms in total. The first-order valence-electron chi connectivity index (χ1n) is 8.61. The number of amides is 1. The second-order valence-corrected chi connectivity index (χ2v) is 6.79. The number of methoxy groups -OCH3 is 2. The van der Waals surface area contributed by atoms with Gasteiger partial charge in [0.15, 0.2) is 11.5 Å². The number of aryl methyl sites for hydroxylation is 1. The molecule has 2 aromatic rings. The van der Waals surface area contributed by atoms with Crippen LogP contribution in [0.25, 0.3) is 0 Å². The second kappa shape index (κ2) is 7.18. The summed E-state index contributed by atoms with van der Waals surface area (Å²) >= 11 is 0. The van der Waals surface area contributed by atoms with E-state index >= 15 is 0 Å². The molecule has 25 heavy (non-hydrogen) atoms. The molecular weight excluding hydrogens is 314 g/mol. The van der Waals surface area contributed by atoms with E-state index in [9.17, 15) is 4.79 Å². The third-order valence-corrected chi connectivity index (χ3v) is 4.92. The zero-order chi connectivity index (χ0) is 17.9. The summed E-state index contributed by atoms with van der Waals surface area (Å²) < 4.78 is 10.7. The van der Waals surface area contributed by atoms with Gasteiger partial charge in [0.1, 0.15) is 0 Å². The highest BCUT2D eigenvalue weighted by Gasteiger charge is 2.44. The van der Waals surface area contributed by atoms with Crippen molar-refractivity contribution in [1.82, 2.24) is 5.32 Å². The minimum atomic E-state index is 0.0296. The molecule has 132 valence electrons. The summed E-state index contributed by atoms with van der Waals surface area (Å²) in [6.45, 7) is 2.70. The Morgan fingerprint density at radius 1 is 1.08 bits per heavy atom. The average molecular weight is 339 g/mol. The highest BCUT2D eigenvalue weighted by Crippen LogP contribution is 2.49. The van der Waals surface area contributed by atoms with Crippen molar-refractivity contribution in [2.75, 3.05) is 20.8 Å². The van der Waals surface area contributed by atoms with Crippen LogP contribution >= 0.6 is 0 Å². The Balaban J connectivity index is 1.63. The maximum absolute atomic E-state index is 12.3. The van der Waals surface area contributed by atoms with E-state index in [0.29, 0.717) is 13.0 Å². The number of rotatable bonds is 7. The van der Waals surface area contributed by atoms with Crippen LogP contribution in [0.2, 0.25) is 0 Å². The molecule has 1 amide bonds. The Kier molecular flexibility index (Phi) is 4.98. The van der Waals surface area contributed by atoms with Gasteiger partial charge in [0, 0.05) is 12.0 Å². The van der Waals surface area contributed by atoms with Crippen molar-refractivity contribution in [2.24, 2.45) is 0 Å². The smallest absolute Gasteiger partial charge is 0.224 e. The zero-order valence-corrected chi connectivity index (χ0v) is 15.1. The molecule has 3 rings (SSSR count). The molecule has 4 heteroatoms. The molecule has 0 aromatic heterocycles. The fourth-order valence-electron chi connectivity index (χ4n) is 3.22. The fraction of sp³-hybridized carbons (Fsp3) is 0.381. The van der Waals surface area contributed by atoms with Crippen LogP contribution in [0.1, 0.15) is 29.5 Å². The molecule has 0 atom stereocenters. The predicted octanol–water partition coefficient (Wildman–Crippen LogP) is 3.40. The van der Waals surface area contributed by atoms with Crippen molar-refractivity contribution in [3.8, 4) is 11.5 Å². The first-order chi connectivity index (χ1) is 12.1. The highest BCUT2D eigenvalue weighted by molar-refractivity contribution is 5.78. The molecule has 1 aliphatic rings. The van der Waals surface area contributed by atoms with Gasteiger partial charge in [0.05, 0.1) is 20.6 Å². The van der Waals surface area contributed by atoms with Crippen LogP contribution in [0, 0.1) is 6.92 Å². The Morgan fingerprint density at radius 2 is 1.84 bits per heavy atom. The van der Waals surface area contributed by atoms with Crippen LogP contribution < -0.4 is 14.8 Å². The molecule has 1 fully saturated rings. The first kappa shape index (κ1) is 17.3. The number of ether oxygens (including phenoxy) is 2. The van der Waals surface area contributed by atoms with E-state index in [1.807, 2.05) is 37.3 Å². The lowest BCUT2D eigenvalue weighted by Gasteiger charge is -2.18. The van der Waals surface area contributed by atoms with Crippen LogP contribution in [0.15, 0.2) is 42.5 Å². The predicted molar refractivity (Wildman–Crippen MR) is 98.4 cm³/mol. The van der Waals surface area contributed by atoms with Crippen LogP contribution in [-0.4, -0.2) is 26.7 Å². The van der Waals surface area contributed by atoms with Gasteiger partial charge in [-0.1, -0.05) is 35.9 Å². The Bertz CT molecular complexity index is 765. The van der Waals surface area contributed by atoms with Crippen LogP contribution in [0.3, 0.4) is 0 Å². The van der Waals surface area contributed by atoms with Crippen LogP contribution in [0.4, 0.5) is 0 Å². The van der Waals surface area contributed by atoms with Gasteiger partial charge in [0.2, 0.25) is 5.91 Å². The Morgan fingerprint density at radius 3 is 2.48 bits per heavy atom. The lowest BCUT2D eigenvalue weighted by atomic mass is 9.95. The molecule has 1 saturated carbocycles. The first-order valence-corrected chi connectivity index (χ1v) is 8.61. The van der Waals surface area contributed by atoms with Gasteiger partial charge < -0.3 is 14.8 Å². The van der Waals surface area contributed by atoms with Gasteiger partial charge in [-0.2, -0.15) is 0 Å². The largest absolute Gasteiger partial charge is 0.493 e. The SMILES string of the molecule is COc1ccc(C2(CNC(=O)Cc3cccc(C)c3)CC2)cc1OC. The van der Waals surface area contributed by atoms with E-state index in [1.54, 1.807) is 14.2 Å². The lowest BCUT2D eigenvalue weighted by molar-refractivity contribution is -0.120. The molecule has 0 unspecified atom stereocenters. The Labute approximate surface area is 149 Å². The summed E-state index contributed by atoms with van der Waals surface area (Å²) in [6.07, 6.45) is 2.57. The van der Waals surface area contributed by atoms with Crippen molar-refractivity contribution in [2.45, 2.75) is 31.6 Å². The molecule has 2 aromatic carbocycles. The minimum absolute atomic E-state index is 0.0296. The maximum Gasteiger partial charge on any atom is 0.224 e. The summed E-state index contributed by atoms with van der Waals surface area (Å²) in [6, 6.07) is 14.1. The molecule has 0 heterocycles. The van der Waals surface area contributed by atoms with Gasteiger partial charge >= 0.3 is 0 Å². The second-order valence-electron chi connectivity index (χ2n) is 6.79. The fourth-order valence-corrected chi connectivity index (χ4v) is 3.22. The summed E-state index contributed by atoms with van der Waals surface area (Å²) in [5.41, 5.74) is 3.45. The maximum atomic E-state index is 12.3. The van der Waals surface area contributed by atoms with Crippen molar-refractivity contribution >= 4 is 5.91 Å². The monoisotopic (exact) mass is 339 g/mol. The van der Waals surface area contributed by atoms with Gasteiger partial charge in [-0.3, -0.25) is 4.79 Å². The zero-order valence-electron chi connectivity index (χ0n) is 15.1. The van der Waals surface area contributed by atoms with E-state index in [-0.39, 0.29) is 11.3 Å². The molecule has 0 aliphatic heterocycles. The van der Waals surface area contributed by atoms with E-state index in [4.69, 9.17) is 9.47 Å². The van der Waals surface area contributed by atoms with E-state index < -0.39 is 0 Å². The van der Waals surface area contributed by atoms with E-state index in [2.05, 4.69) is 17.4 Å². The van der Waals surface area contributed by atoms with Gasteiger partial charge in [0.25, 0.3) is 0 Å². The van der Waals surface area contributed by atoms with E-state index in [0.717, 1.165) is 29.9 Å². The average Bonchev–Trinajstić information content (AvgIpc) is 3.40. The number of carbonyl (C=O) groups excluding carboxylic acids is 1. The van der Waals surface area contributed by atoms with Crippen molar-refractivity contribution < 1.29 is 14.3 Å². The molecule has 0 spiro atoms. The minimum Gasteiger partial charge on any atom is -0.493 e.